The maximum atomic E-state index is 12.8. The molecule has 1 aliphatic carbocycles. The van der Waals surface area contributed by atoms with Gasteiger partial charge >= 0.3 is 0 Å². The van der Waals surface area contributed by atoms with Crippen LogP contribution in [0.3, 0.4) is 0 Å². The Morgan fingerprint density at radius 1 is 1.25 bits per heavy atom. The summed E-state index contributed by atoms with van der Waals surface area (Å²) in [5.74, 6) is 0.228. The summed E-state index contributed by atoms with van der Waals surface area (Å²) >= 11 is 0. The average molecular weight is 329 g/mol. The van der Waals surface area contributed by atoms with E-state index in [9.17, 15) is 9.59 Å². The lowest BCUT2D eigenvalue weighted by Crippen LogP contribution is -2.49. The predicted molar refractivity (Wildman–Crippen MR) is 93.8 cm³/mol. The fourth-order valence-electron chi connectivity index (χ4n) is 3.56. The maximum Gasteiger partial charge on any atom is 0.233 e. The fourth-order valence-corrected chi connectivity index (χ4v) is 3.56. The molecule has 0 atom stereocenters. The number of rotatable bonds is 5. The van der Waals surface area contributed by atoms with Crippen molar-refractivity contribution in [2.75, 3.05) is 26.7 Å². The van der Waals surface area contributed by atoms with Gasteiger partial charge in [-0.05, 0) is 38.2 Å². The molecule has 3 rings (SSSR count). The van der Waals surface area contributed by atoms with Crippen molar-refractivity contribution in [1.29, 1.82) is 0 Å². The molecule has 0 bridgehead atoms. The van der Waals surface area contributed by atoms with Crippen LogP contribution in [0.1, 0.15) is 36.8 Å². The van der Waals surface area contributed by atoms with Gasteiger partial charge in [-0.2, -0.15) is 0 Å². The summed E-state index contributed by atoms with van der Waals surface area (Å²) in [6.45, 7) is 4.23. The van der Waals surface area contributed by atoms with Crippen LogP contribution in [0.25, 0.3) is 0 Å². The number of hydrogen-bond acceptors (Lipinski definition) is 3. The molecule has 130 valence electrons. The Bertz CT molecular complexity index is 617. The smallest absolute Gasteiger partial charge is 0.233 e. The standard InChI is InChI=1S/C19H27N3O2/c1-14-4-3-5-15(12-14)19(8-9-19)18(24)21-16-6-10-22(11-7-16)13-17(23)20-2/h3-5,12,16H,6-11,13H2,1-2H3,(H,20,23)(H,21,24). The Kier molecular flexibility index (Phi) is 4.90. The lowest BCUT2D eigenvalue weighted by molar-refractivity contribution is -0.125. The minimum absolute atomic E-state index is 0.0499. The number of likely N-dealkylation sites (tertiary alicyclic amines) is 1. The first-order valence-electron chi connectivity index (χ1n) is 8.84. The van der Waals surface area contributed by atoms with Gasteiger partial charge in [0.15, 0.2) is 0 Å². The van der Waals surface area contributed by atoms with Gasteiger partial charge < -0.3 is 10.6 Å². The number of carbonyl (C=O) groups is 2. The van der Waals surface area contributed by atoms with Crippen LogP contribution < -0.4 is 10.6 Å². The van der Waals surface area contributed by atoms with Crippen LogP contribution in [0.5, 0.6) is 0 Å². The molecule has 1 saturated heterocycles. The molecule has 2 aliphatic rings. The zero-order valence-corrected chi connectivity index (χ0v) is 14.6. The zero-order valence-electron chi connectivity index (χ0n) is 14.6. The third kappa shape index (κ3) is 3.61. The molecule has 5 heteroatoms. The molecule has 0 spiro atoms. The number of hydrogen-bond donors (Lipinski definition) is 2. The molecule has 2 amide bonds. The predicted octanol–water partition coefficient (Wildman–Crippen LogP) is 1.35. The first-order valence-corrected chi connectivity index (χ1v) is 8.84. The van der Waals surface area contributed by atoms with E-state index < -0.39 is 0 Å². The van der Waals surface area contributed by atoms with Crippen LogP contribution in [-0.2, 0) is 15.0 Å². The topological polar surface area (TPSA) is 61.4 Å². The average Bonchev–Trinajstić information content (AvgIpc) is 3.38. The molecule has 0 unspecified atom stereocenters. The van der Waals surface area contributed by atoms with E-state index >= 15 is 0 Å². The molecular formula is C19H27N3O2. The van der Waals surface area contributed by atoms with Crippen LogP contribution >= 0.6 is 0 Å². The largest absolute Gasteiger partial charge is 0.358 e. The van der Waals surface area contributed by atoms with Crippen molar-refractivity contribution in [3.05, 3.63) is 35.4 Å². The van der Waals surface area contributed by atoms with E-state index in [0.29, 0.717) is 6.54 Å². The number of piperidine rings is 1. The van der Waals surface area contributed by atoms with Gasteiger partial charge in [0.25, 0.3) is 0 Å². The highest BCUT2D eigenvalue weighted by Crippen LogP contribution is 2.48. The number of nitrogens with zero attached hydrogens (tertiary/aromatic N) is 1. The molecule has 5 nitrogen and oxygen atoms in total. The number of benzene rings is 1. The molecule has 1 heterocycles. The lowest BCUT2D eigenvalue weighted by Gasteiger charge is -2.32. The number of likely N-dealkylation sites (N-methyl/N-ethyl adjacent to an activating group) is 1. The van der Waals surface area contributed by atoms with Crippen molar-refractivity contribution in [3.63, 3.8) is 0 Å². The van der Waals surface area contributed by atoms with E-state index in [2.05, 4.69) is 40.7 Å². The van der Waals surface area contributed by atoms with Crippen molar-refractivity contribution in [2.45, 2.75) is 44.1 Å². The van der Waals surface area contributed by atoms with Crippen molar-refractivity contribution in [2.24, 2.45) is 0 Å². The normalized spacial score (nSPS) is 20.4. The molecule has 0 radical (unpaired) electrons. The first kappa shape index (κ1) is 17.0. The van der Waals surface area contributed by atoms with Crippen LogP contribution in [0.4, 0.5) is 0 Å². The Morgan fingerprint density at radius 2 is 1.96 bits per heavy atom. The number of carbonyl (C=O) groups excluding carboxylic acids is 2. The Hall–Kier alpha value is -1.88. The first-order chi connectivity index (χ1) is 11.5. The van der Waals surface area contributed by atoms with Crippen LogP contribution in [0, 0.1) is 6.92 Å². The van der Waals surface area contributed by atoms with Crippen molar-refractivity contribution < 1.29 is 9.59 Å². The van der Waals surface area contributed by atoms with E-state index in [-0.39, 0.29) is 23.3 Å². The minimum Gasteiger partial charge on any atom is -0.358 e. The second-order valence-corrected chi connectivity index (χ2v) is 7.15. The van der Waals surface area contributed by atoms with E-state index in [1.807, 2.05) is 6.07 Å². The van der Waals surface area contributed by atoms with Gasteiger partial charge in [0.1, 0.15) is 0 Å². The summed E-state index contributed by atoms with van der Waals surface area (Å²) in [6.07, 6.45) is 3.70. The third-order valence-electron chi connectivity index (χ3n) is 5.32. The van der Waals surface area contributed by atoms with Crippen molar-refractivity contribution in [1.82, 2.24) is 15.5 Å². The highest BCUT2D eigenvalue weighted by molar-refractivity contribution is 5.91. The molecule has 2 fully saturated rings. The van der Waals surface area contributed by atoms with Gasteiger partial charge in [-0.3, -0.25) is 14.5 Å². The number of nitrogens with one attached hydrogen (secondary N) is 2. The Balaban J connectivity index is 1.54. The number of aryl methyl sites for hydroxylation is 1. The quantitative estimate of drug-likeness (QED) is 0.857. The fraction of sp³-hybridized carbons (Fsp3) is 0.579. The second kappa shape index (κ2) is 6.93. The summed E-state index contributed by atoms with van der Waals surface area (Å²) < 4.78 is 0. The van der Waals surface area contributed by atoms with E-state index in [4.69, 9.17) is 0 Å². The Labute approximate surface area is 143 Å². The van der Waals surface area contributed by atoms with E-state index in [0.717, 1.165) is 44.3 Å². The van der Waals surface area contributed by atoms with E-state index in [1.54, 1.807) is 7.05 Å². The molecule has 24 heavy (non-hydrogen) atoms. The van der Waals surface area contributed by atoms with Gasteiger partial charge in [0.05, 0.1) is 12.0 Å². The van der Waals surface area contributed by atoms with Gasteiger partial charge in [0, 0.05) is 26.2 Å². The highest BCUT2D eigenvalue weighted by atomic mass is 16.2. The van der Waals surface area contributed by atoms with Crippen molar-refractivity contribution >= 4 is 11.8 Å². The summed E-state index contributed by atoms with van der Waals surface area (Å²) in [4.78, 5) is 26.4. The van der Waals surface area contributed by atoms with Crippen LogP contribution in [-0.4, -0.2) is 49.4 Å². The third-order valence-corrected chi connectivity index (χ3v) is 5.32. The minimum atomic E-state index is -0.300. The Morgan fingerprint density at radius 3 is 2.54 bits per heavy atom. The lowest BCUT2D eigenvalue weighted by atomic mass is 9.92. The highest BCUT2D eigenvalue weighted by Gasteiger charge is 2.51. The van der Waals surface area contributed by atoms with Gasteiger partial charge in [-0.15, -0.1) is 0 Å². The summed E-state index contributed by atoms with van der Waals surface area (Å²) in [5.41, 5.74) is 2.05. The molecule has 0 aromatic heterocycles. The molecular weight excluding hydrogens is 302 g/mol. The monoisotopic (exact) mass is 329 g/mol. The molecule has 1 aromatic rings. The maximum absolute atomic E-state index is 12.8. The van der Waals surface area contributed by atoms with Crippen LogP contribution in [0.2, 0.25) is 0 Å². The molecule has 1 aromatic carbocycles. The summed E-state index contributed by atoms with van der Waals surface area (Å²) in [5, 5.41) is 5.92. The van der Waals surface area contributed by atoms with Gasteiger partial charge in [-0.1, -0.05) is 29.8 Å². The second-order valence-electron chi connectivity index (χ2n) is 7.15. The van der Waals surface area contributed by atoms with Crippen LogP contribution in [0.15, 0.2) is 24.3 Å². The summed E-state index contributed by atoms with van der Waals surface area (Å²) in [7, 11) is 1.66. The molecule has 1 saturated carbocycles. The van der Waals surface area contributed by atoms with Gasteiger partial charge in [-0.25, -0.2) is 0 Å². The molecule has 1 aliphatic heterocycles. The van der Waals surface area contributed by atoms with Crippen molar-refractivity contribution in [3.8, 4) is 0 Å². The SMILES string of the molecule is CNC(=O)CN1CCC(NC(=O)C2(c3cccc(C)c3)CC2)CC1. The zero-order chi connectivity index (χ0) is 17.2. The van der Waals surface area contributed by atoms with E-state index in [1.165, 1.54) is 5.56 Å². The number of amides is 2. The summed E-state index contributed by atoms with van der Waals surface area (Å²) in [6, 6.07) is 8.54. The van der Waals surface area contributed by atoms with Gasteiger partial charge in [0.2, 0.25) is 11.8 Å². The molecule has 2 N–H and O–H groups in total.